The number of sulfonamides is 1. The molecule has 1 aromatic rings. The molecule has 8 heteroatoms. The predicted molar refractivity (Wildman–Crippen MR) is 93.0 cm³/mol. The maximum absolute atomic E-state index is 12.3. The Morgan fingerprint density at radius 2 is 1.54 bits per heavy atom. The predicted octanol–water partition coefficient (Wildman–Crippen LogP) is 1.47. The van der Waals surface area contributed by atoms with Crippen molar-refractivity contribution in [1.29, 1.82) is 0 Å². The lowest BCUT2D eigenvalue weighted by Gasteiger charge is -2.21. The first-order chi connectivity index (χ1) is 11.0. The van der Waals surface area contributed by atoms with Crippen molar-refractivity contribution in [2.24, 2.45) is 5.92 Å². The number of hydrogen-bond acceptors (Lipinski definition) is 4. The van der Waals surface area contributed by atoms with E-state index in [4.69, 9.17) is 0 Å². The summed E-state index contributed by atoms with van der Waals surface area (Å²) in [4.78, 5) is 23.6. The molecule has 0 saturated heterocycles. The molecule has 3 N–H and O–H groups in total. The monoisotopic (exact) mass is 355 g/mol. The molecular formula is C16H25N3O4S. The lowest BCUT2D eigenvalue weighted by Crippen LogP contribution is -2.46. The Balaban J connectivity index is 2.86. The molecule has 134 valence electrons. The Kier molecular flexibility index (Phi) is 6.92. The minimum atomic E-state index is -3.57. The zero-order valence-electron chi connectivity index (χ0n) is 14.6. The number of nitrogens with one attached hydrogen (secondary N) is 3. The summed E-state index contributed by atoms with van der Waals surface area (Å²) in [6.45, 7) is 8.48. The summed E-state index contributed by atoms with van der Waals surface area (Å²) in [6, 6.07) is 5.00. The molecular weight excluding hydrogens is 330 g/mol. The molecule has 7 nitrogen and oxygen atoms in total. The third kappa shape index (κ3) is 5.93. The van der Waals surface area contributed by atoms with Crippen LogP contribution in [-0.4, -0.2) is 32.3 Å². The fourth-order valence-corrected chi connectivity index (χ4v) is 3.32. The summed E-state index contributed by atoms with van der Waals surface area (Å²) in [5.74, 6) is -0.718. The summed E-state index contributed by atoms with van der Waals surface area (Å²) < 4.78 is 26.6. The SMILES string of the molecule is CC(=O)N[C@H](C(=O)Nc1ccc(S(=O)(=O)NC(C)C)cc1)C(C)C. The van der Waals surface area contributed by atoms with Gasteiger partial charge in [0, 0.05) is 18.7 Å². The normalized spacial score (nSPS) is 13.0. The van der Waals surface area contributed by atoms with Crippen LogP contribution in [0.1, 0.15) is 34.6 Å². The van der Waals surface area contributed by atoms with E-state index < -0.39 is 16.1 Å². The number of carbonyl (C=O) groups is 2. The molecule has 0 unspecified atom stereocenters. The van der Waals surface area contributed by atoms with E-state index in [1.54, 1.807) is 13.8 Å². The van der Waals surface area contributed by atoms with Crippen LogP contribution in [0, 0.1) is 5.92 Å². The van der Waals surface area contributed by atoms with Gasteiger partial charge in [0.15, 0.2) is 0 Å². The van der Waals surface area contributed by atoms with Crippen molar-refractivity contribution in [2.45, 2.75) is 51.6 Å². The van der Waals surface area contributed by atoms with Gasteiger partial charge >= 0.3 is 0 Å². The molecule has 1 aromatic carbocycles. The molecule has 1 rings (SSSR count). The third-order valence-electron chi connectivity index (χ3n) is 3.13. The highest BCUT2D eigenvalue weighted by Crippen LogP contribution is 2.15. The van der Waals surface area contributed by atoms with Gasteiger partial charge in [-0.05, 0) is 44.0 Å². The highest BCUT2D eigenvalue weighted by molar-refractivity contribution is 7.89. The first kappa shape index (κ1) is 20.1. The minimum Gasteiger partial charge on any atom is -0.344 e. The van der Waals surface area contributed by atoms with Crippen LogP contribution >= 0.6 is 0 Å². The second-order valence-corrected chi connectivity index (χ2v) is 7.93. The summed E-state index contributed by atoms with van der Waals surface area (Å²) in [7, 11) is -3.57. The summed E-state index contributed by atoms with van der Waals surface area (Å²) in [5.41, 5.74) is 0.458. The number of carbonyl (C=O) groups excluding carboxylic acids is 2. The molecule has 0 bridgehead atoms. The zero-order valence-corrected chi connectivity index (χ0v) is 15.4. The van der Waals surface area contributed by atoms with Crippen molar-refractivity contribution in [3.05, 3.63) is 24.3 Å². The van der Waals surface area contributed by atoms with E-state index in [9.17, 15) is 18.0 Å². The van der Waals surface area contributed by atoms with Gasteiger partial charge in [0.25, 0.3) is 0 Å². The van der Waals surface area contributed by atoms with Crippen LogP contribution < -0.4 is 15.4 Å². The molecule has 24 heavy (non-hydrogen) atoms. The van der Waals surface area contributed by atoms with Crippen LogP contribution in [0.25, 0.3) is 0 Å². The van der Waals surface area contributed by atoms with Crippen LogP contribution in [-0.2, 0) is 19.6 Å². The quantitative estimate of drug-likeness (QED) is 0.689. The fraction of sp³-hybridized carbons (Fsp3) is 0.500. The van der Waals surface area contributed by atoms with Crippen LogP contribution in [0.2, 0.25) is 0 Å². The highest BCUT2D eigenvalue weighted by Gasteiger charge is 2.23. The van der Waals surface area contributed by atoms with Crippen LogP contribution in [0.4, 0.5) is 5.69 Å². The van der Waals surface area contributed by atoms with Crippen molar-refractivity contribution < 1.29 is 18.0 Å². The molecule has 0 aliphatic heterocycles. The lowest BCUT2D eigenvalue weighted by atomic mass is 10.0. The molecule has 0 heterocycles. The first-order valence-corrected chi connectivity index (χ1v) is 9.21. The van der Waals surface area contributed by atoms with E-state index in [-0.39, 0.29) is 28.7 Å². The molecule has 0 spiro atoms. The Hall–Kier alpha value is -1.93. The second kappa shape index (κ2) is 8.25. The zero-order chi connectivity index (χ0) is 18.5. The Morgan fingerprint density at radius 1 is 1.00 bits per heavy atom. The van der Waals surface area contributed by atoms with E-state index >= 15 is 0 Å². The van der Waals surface area contributed by atoms with Crippen molar-refractivity contribution in [2.75, 3.05) is 5.32 Å². The van der Waals surface area contributed by atoms with Gasteiger partial charge in [-0.3, -0.25) is 9.59 Å². The maximum atomic E-state index is 12.3. The lowest BCUT2D eigenvalue weighted by molar-refractivity contribution is -0.126. The number of amides is 2. The van der Waals surface area contributed by atoms with Crippen LogP contribution in [0.15, 0.2) is 29.2 Å². The molecule has 0 saturated carbocycles. The maximum Gasteiger partial charge on any atom is 0.247 e. The van der Waals surface area contributed by atoms with Crippen molar-refractivity contribution in [3.63, 3.8) is 0 Å². The molecule has 0 fully saturated rings. The fourth-order valence-electron chi connectivity index (χ4n) is 2.07. The van der Waals surface area contributed by atoms with E-state index in [0.29, 0.717) is 5.69 Å². The van der Waals surface area contributed by atoms with Crippen molar-refractivity contribution >= 4 is 27.5 Å². The van der Waals surface area contributed by atoms with Crippen molar-refractivity contribution in [3.8, 4) is 0 Å². The second-order valence-electron chi connectivity index (χ2n) is 6.21. The van der Waals surface area contributed by atoms with Crippen LogP contribution in [0.5, 0.6) is 0 Å². The standard InChI is InChI=1S/C16H25N3O4S/c1-10(2)15(17-12(5)20)16(21)18-13-6-8-14(9-7-13)24(22,23)19-11(3)4/h6-11,15,19H,1-5H3,(H,17,20)(H,18,21)/t15-/m0/s1. The average Bonchev–Trinajstić information content (AvgIpc) is 2.43. The molecule has 0 aliphatic carbocycles. The third-order valence-corrected chi connectivity index (χ3v) is 4.81. The van der Waals surface area contributed by atoms with Gasteiger partial charge in [-0.25, -0.2) is 13.1 Å². The van der Waals surface area contributed by atoms with Gasteiger partial charge in [0.2, 0.25) is 21.8 Å². The number of anilines is 1. The molecule has 0 aliphatic rings. The molecule has 2 amide bonds. The summed E-state index contributed by atoms with van der Waals surface area (Å²) in [6.07, 6.45) is 0. The number of rotatable bonds is 7. The van der Waals surface area contributed by atoms with E-state index in [1.807, 2.05) is 13.8 Å². The average molecular weight is 355 g/mol. The molecule has 0 radical (unpaired) electrons. The van der Waals surface area contributed by atoms with Gasteiger partial charge in [-0.1, -0.05) is 13.8 Å². The largest absolute Gasteiger partial charge is 0.344 e. The van der Waals surface area contributed by atoms with E-state index in [2.05, 4.69) is 15.4 Å². The van der Waals surface area contributed by atoms with Gasteiger partial charge in [-0.15, -0.1) is 0 Å². The summed E-state index contributed by atoms with van der Waals surface area (Å²) >= 11 is 0. The summed E-state index contributed by atoms with van der Waals surface area (Å²) in [5, 5.41) is 5.28. The Labute approximate surface area is 143 Å². The van der Waals surface area contributed by atoms with Crippen molar-refractivity contribution in [1.82, 2.24) is 10.0 Å². The van der Waals surface area contributed by atoms with Gasteiger partial charge in [0.05, 0.1) is 4.90 Å². The smallest absolute Gasteiger partial charge is 0.247 e. The van der Waals surface area contributed by atoms with Crippen LogP contribution in [0.3, 0.4) is 0 Å². The topological polar surface area (TPSA) is 104 Å². The Morgan fingerprint density at radius 3 is 1.96 bits per heavy atom. The number of hydrogen-bond donors (Lipinski definition) is 3. The van der Waals surface area contributed by atoms with E-state index in [0.717, 1.165) is 0 Å². The number of benzene rings is 1. The van der Waals surface area contributed by atoms with Gasteiger partial charge in [-0.2, -0.15) is 0 Å². The highest BCUT2D eigenvalue weighted by atomic mass is 32.2. The first-order valence-electron chi connectivity index (χ1n) is 7.73. The Bertz CT molecular complexity index is 682. The molecule has 0 aromatic heterocycles. The molecule has 1 atom stereocenters. The van der Waals surface area contributed by atoms with Gasteiger partial charge < -0.3 is 10.6 Å². The van der Waals surface area contributed by atoms with Gasteiger partial charge in [0.1, 0.15) is 6.04 Å². The van der Waals surface area contributed by atoms with E-state index in [1.165, 1.54) is 31.2 Å². The minimum absolute atomic E-state index is 0.0798.